The van der Waals surface area contributed by atoms with Gasteiger partial charge in [0.25, 0.3) is 5.91 Å². The molecular weight excluding hydrogens is 424 g/mol. The predicted molar refractivity (Wildman–Crippen MR) is 103 cm³/mol. The van der Waals surface area contributed by atoms with Gasteiger partial charge in [-0.05, 0) is 30.3 Å². The number of carbonyl (C=O) groups is 1. The fourth-order valence-corrected chi connectivity index (χ4v) is 3.28. The predicted octanol–water partition coefficient (Wildman–Crippen LogP) is 4.14. The fraction of sp³-hybridized carbons (Fsp3) is 0.200. The fourth-order valence-electron chi connectivity index (χ4n) is 2.45. The second kappa shape index (κ2) is 9.23. The molecule has 2 N–H and O–H groups in total. The summed E-state index contributed by atoms with van der Waals surface area (Å²) in [5.74, 6) is -1.09. The number of hydrogen-bond donors (Lipinski definition) is 2. The van der Waals surface area contributed by atoms with E-state index < -0.39 is 29.6 Å². The van der Waals surface area contributed by atoms with Gasteiger partial charge in [-0.15, -0.1) is 11.3 Å². The number of nitrogens with zero attached hydrogens (tertiary/aromatic N) is 1. The number of aromatic nitrogens is 1. The number of halogens is 4. The first-order valence-electron chi connectivity index (χ1n) is 8.71. The highest BCUT2D eigenvalue weighted by Crippen LogP contribution is 2.31. The average Bonchev–Trinajstić information content (AvgIpc) is 3.20. The van der Waals surface area contributed by atoms with Crippen LogP contribution in [0.15, 0.2) is 53.9 Å². The third-order valence-corrected chi connectivity index (χ3v) is 4.82. The van der Waals surface area contributed by atoms with Crippen LogP contribution in [0.2, 0.25) is 0 Å². The number of nitrogens with one attached hydrogen (secondary N) is 1. The zero-order chi connectivity index (χ0) is 21.7. The topological polar surface area (TPSA) is 71.5 Å². The number of hydrogen-bond acceptors (Lipinski definition) is 5. The van der Waals surface area contributed by atoms with E-state index in [1.54, 1.807) is 18.2 Å². The molecule has 3 aromatic rings. The number of carbonyl (C=O) groups excluding carboxylic acids is 1. The van der Waals surface area contributed by atoms with Crippen LogP contribution in [0.4, 0.5) is 17.6 Å². The van der Waals surface area contributed by atoms with Gasteiger partial charge in [-0.25, -0.2) is 9.37 Å². The van der Waals surface area contributed by atoms with Gasteiger partial charge in [-0.3, -0.25) is 4.79 Å². The first-order chi connectivity index (χ1) is 14.2. The van der Waals surface area contributed by atoms with Crippen LogP contribution in [-0.2, 0) is 6.18 Å². The summed E-state index contributed by atoms with van der Waals surface area (Å²) >= 11 is 1.10. The van der Waals surface area contributed by atoms with E-state index in [9.17, 15) is 27.5 Å². The number of thiazole rings is 1. The number of aliphatic hydroxyl groups is 1. The Morgan fingerprint density at radius 3 is 2.70 bits per heavy atom. The van der Waals surface area contributed by atoms with Crippen molar-refractivity contribution >= 4 is 17.2 Å². The molecule has 30 heavy (non-hydrogen) atoms. The molecule has 1 atom stereocenters. The molecule has 1 aromatic heterocycles. The van der Waals surface area contributed by atoms with Crippen molar-refractivity contribution < 1.29 is 32.2 Å². The third-order valence-electron chi connectivity index (χ3n) is 3.94. The minimum Gasteiger partial charge on any atom is -0.491 e. The molecule has 1 amide bonds. The van der Waals surface area contributed by atoms with Crippen LogP contribution < -0.4 is 10.1 Å². The van der Waals surface area contributed by atoms with Gasteiger partial charge in [0.15, 0.2) is 0 Å². The van der Waals surface area contributed by atoms with E-state index in [0.717, 1.165) is 23.5 Å². The van der Waals surface area contributed by atoms with Crippen LogP contribution in [0.3, 0.4) is 0 Å². The normalized spacial score (nSPS) is 12.4. The molecule has 0 radical (unpaired) electrons. The van der Waals surface area contributed by atoms with E-state index in [1.807, 2.05) is 0 Å². The Balaban J connectivity index is 1.51. The molecule has 5 nitrogen and oxygen atoms in total. The van der Waals surface area contributed by atoms with Crippen LogP contribution in [0, 0.1) is 5.82 Å². The molecule has 2 aromatic carbocycles. The summed E-state index contributed by atoms with van der Waals surface area (Å²) < 4.78 is 57.0. The molecular formula is C20H16F4N2O3S. The second-order valence-corrected chi connectivity index (χ2v) is 7.08. The summed E-state index contributed by atoms with van der Waals surface area (Å²) in [6, 6.07) is 10.3. The van der Waals surface area contributed by atoms with Gasteiger partial charge in [0, 0.05) is 17.5 Å². The molecule has 10 heteroatoms. The number of ether oxygens (including phenoxy) is 1. The van der Waals surface area contributed by atoms with Crippen LogP contribution in [-0.4, -0.2) is 35.3 Å². The lowest BCUT2D eigenvalue weighted by Crippen LogP contribution is -2.35. The zero-order valence-electron chi connectivity index (χ0n) is 15.3. The zero-order valence-corrected chi connectivity index (χ0v) is 16.1. The maximum Gasteiger partial charge on any atom is 0.416 e. The summed E-state index contributed by atoms with van der Waals surface area (Å²) in [7, 11) is 0. The molecule has 3 rings (SSSR count). The molecule has 1 unspecified atom stereocenters. The van der Waals surface area contributed by atoms with Crippen molar-refractivity contribution in [1.82, 2.24) is 10.3 Å². The van der Waals surface area contributed by atoms with E-state index in [0.29, 0.717) is 5.01 Å². The highest BCUT2D eigenvalue weighted by Gasteiger charge is 2.30. The van der Waals surface area contributed by atoms with E-state index in [1.165, 1.54) is 23.6 Å². The van der Waals surface area contributed by atoms with Crippen molar-refractivity contribution in [1.29, 1.82) is 0 Å². The monoisotopic (exact) mass is 440 g/mol. The van der Waals surface area contributed by atoms with Crippen molar-refractivity contribution in [3.05, 3.63) is 71.0 Å². The SMILES string of the molecule is O=C(NCC(O)COc1cccc(C(F)(F)F)c1)c1csc(-c2ccccc2F)n1. The molecule has 0 aliphatic carbocycles. The first kappa shape index (κ1) is 21.7. The van der Waals surface area contributed by atoms with Crippen LogP contribution in [0.1, 0.15) is 16.1 Å². The number of aliphatic hydroxyl groups excluding tert-OH is 1. The molecule has 0 spiro atoms. The molecule has 0 aliphatic rings. The first-order valence-corrected chi connectivity index (χ1v) is 9.59. The molecule has 0 bridgehead atoms. The van der Waals surface area contributed by atoms with Gasteiger partial charge < -0.3 is 15.2 Å². The number of rotatable bonds is 7. The smallest absolute Gasteiger partial charge is 0.416 e. The van der Waals surface area contributed by atoms with Crippen LogP contribution >= 0.6 is 11.3 Å². The summed E-state index contributed by atoms with van der Waals surface area (Å²) in [5, 5.41) is 14.2. The number of alkyl halides is 3. The second-order valence-electron chi connectivity index (χ2n) is 6.22. The van der Waals surface area contributed by atoms with Gasteiger partial charge in [-0.2, -0.15) is 13.2 Å². The Labute approximate surface area is 173 Å². The Bertz CT molecular complexity index is 1020. The molecule has 158 valence electrons. The Morgan fingerprint density at radius 1 is 1.20 bits per heavy atom. The standard InChI is InChI=1S/C20H16F4N2O3S/c21-16-7-2-1-6-15(16)19-26-17(11-30-19)18(28)25-9-13(27)10-29-14-5-3-4-12(8-14)20(22,23)24/h1-8,11,13,27H,9-10H2,(H,25,28). The Kier molecular flexibility index (Phi) is 6.68. The maximum atomic E-state index is 13.8. The van der Waals surface area contributed by atoms with Crippen molar-refractivity contribution in [2.24, 2.45) is 0 Å². The van der Waals surface area contributed by atoms with Crippen molar-refractivity contribution in [2.75, 3.05) is 13.2 Å². The Morgan fingerprint density at radius 2 is 1.97 bits per heavy atom. The number of benzene rings is 2. The van der Waals surface area contributed by atoms with Gasteiger partial charge >= 0.3 is 6.18 Å². The lowest BCUT2D eigenvalue weighted by atomic mass is 10.2. The highest BCUT2D eigenvalue weighted by molar-refractivity contribution is 7.13. The van der Waals surface area contributed by atoms with Crippen LogP contribution in [0.5, 0.6) is 5.75 Å². The largest absolute Gasteiger partial charge is 0.491 e. The highest BCUT2D eigenvalue weighted by atomic mass is 32.1. The van der Waals surface area contributed by atoms with E-state index in [4.69, 9.17) is 4.74 Å². The van der Waals surface area contributed by atoms with Crippen molar-refractivity contribution in [3.8, 4) is 16.3 Å². The number of amides is 1. The molecule has 0 saturated carbocycles. The lowest BCUT2D eigenvalue weighted by Gasteiger charge is -2.14. The van der Waals surface area contributed by atoms with E-state index >= 15 is 0 Å². The summed E-state index contributed by atoms with van der Waals surface area (Å²) in [5.41, 5.74) is -0.530. The quantitative estimate of drug-likeness (QED) is 0.542. The summed E-state index contributed by atoms with van der Waals surface area (Å²) in [4.78, 5) is 16.3. The van der Waals surface area contributed by atoms with Gasteiger partial charge in [0.2, 0.25) is 0 Å². The van der Waals surface area contributed by atoms with Crippen molar-refractivity contribution in [3.63, 3.8) is 0 Å². The van der Waals surface area contributed by atoms with Crippen LogP contribution in [0.25, 0.3) is 10.6 Å². The Hall–Kier alpha value is -2.98. The molecule has 1 heterocycles. The lowest BCUT2D eigenvalue weighted by molar-refractivity contribution is -0.137. The maximum absolute atomic E-state index is 13.8. The molecule has 0 fully saturated rings. The van der Waals surface area contributed by atoms with Gasteiger partial charge in [0.1, 0.15) is 35.0 Å². The van der Waals surface area contributed by atoms with Gasteiger partial charge in [-0.1, -0.05) is 18.2 Å². The van der Waals surface area contributed by atoms with E-state index in [-0.39, 0.29) is 30.2 Å². The molecule has 0 aliphatic heterocycles. The third kappa shape index (κ3) is 5.55. The van der Waals surface area contributed by atoms with Gasteiger partial charge in [0.05, 0.1) is 5.56 Å². The summed E-state index contributed by atoms with van der Waals surface area (Å²) in [6.07, 6.45) is -5.66. The van der Waals surface area contributed by atoms with Crippen molar-refractivity contribution in [2.45, 2.75) is 12.3 Å². The molecule has 0 saturated heterocycles. The average molecular weight is 440 g/mol. The minimum absolute atomic E-state index is 0.0516. The minimum atomic E-state index is -4.50. The van der Waals surface area contributed by atoms with E-state index in [2.05, 4.69) is 10.3 Å². The summed E-state index contributed by atoms with van der Waals surface area (Å²) in [6.45, 7) is -0.524.